The first kappa shape index (κ1) is 11.6. The highest BCUT2D eigenvalue weighted by Gasteiger charge is 2.35. The van der Waals surface area contributed by atoms with Crippen LogP contribution in [0.1, 0.15) is 32.1 Å². The summed E-state index contributed by atoms with van der Waals surface area (Å²) in [6.45, 7) is 0.881. The Morgan fingerprint density at radius 1 is 1.17 bits per heavy atom. The normalized spacial score (nSPS) is 20.8. The molecule has 0 saturated heterocycles. The molecule has 18 heavy (non-hydrogen) atoms. The Hall–Kier alpha value is -1.45. The number of anilines is 2. The molecule has 0 atom stereocenters. The van der Waals surface area contributed by atoms with Gasteiger partial charge in [0.1, 0.15) is 0 Å². The summed E-state index contributed by atoms with van der Waals surface area (Å²) in [5.74, 6) is -0.0129. The lowest BCUT2D eigenvalue weighted by Crippen LogP contribution is -2.49. The fraction of sp³-hybridized carbons (Fsp3) is 0.571. The van der Waals surface area contributed by atoms with Crippen molar-refractivity contribution >= 4 is 11.4 Å². The van der Waals surface area contributed by atoms with Crippen molar-refractivity contribution in [2.75, 3.05) is 24.3 Å². The average molecular weight is 250 g/mol. The van der Waals surface area contributed by atoms with Crippen molar-refractivity contribution in [3.05, 3.63) is 17.9 Å². The maximum Gasteiger partial charge on any atom is 0.167 e. The number of rotatable bonds is 1. The number of hydrogen-bond donors (Lipinski definition) is 2. The fourth-order valence-electron chi connectivity index (χ4n) is 3.08. The Morgan fingerprint density at radius 3 is 2.67 bits per heavy atom. The molecule has 1 spiro atoms. The number of halogens is 1. The maximum absolute atomic E-state index is 13.6. The molecule has 1 aromatic carbocycles. The van der Waals surface area contributed by atoms with Gasteiger partial charge < -0.3 is 15.4 Å². The highest BCUT2D eigenvalue weighted by molar-refractivity contribution is 5.74. The number of benzene rings is 1. The molecule has 1 aliphatic heterocycles. The van der Waals surface area contributed by atoms with Gasteiger partial charge >= 0.3 is 0 Å². The zero-order chi connectivity index (χ0) is 12.6. The number of ether oxygens (including phenoxy) is 1. The first-order valence-electron chi connectivity index (χ1n) is 6.62. The Labute approximate surface area is 107 Å². The molecule has 0 unspecified atom stereocenters. The minimum Gasteiger partial charge on any atom is -0.494 e. The molecule has 2 N–H and O–H groups in total. The van der Waals surface area contributed by atoms with E-state index in [1.807, 2.05) is 0 Å². The van der Waals surface area contributed by atoms with Crippen LogP contribution in [0.5, 0.6) is 5.75 Å². The topological polar surface area (TPSA) is 33.3 Å². The van der Waals surface area contributed by atoms with Crippen molar-refractivity contribution in [3.8, 4) is 5.75 Å². The molecule has 0 amide bonds. The van der Waals surface area contributed by atoms with Gasteiger partial charge in [-0.1, -0.05) is 19.3 Å². The maximum atomic E-state index is 13.6. The predicted molar refractivity (Wildman–Crippen MR) is 70.9 cm³/mol. The second-order valence-corrected chi connectivity index (χ2v) is 5.35. The molecule has 1 aliphatic carbocycles. The molecular formula is C14H19FN2O. The van der Waals surface area contributed by atoms with Crippen LogP contribution in [0.3, 0.4) is 0 Å². The Kier molecular flexibility index (Phi) is 2.80. The SMILES string of the molecule is COc1cc2c(cc1F)NCC1(CCCCC1)N2. The Bertz CT molecular complexity index is 455. The van der Waals surface area contributed by atoms with Crippen LogP contribution < -0.4 is 15.4 Å². The summed E-state index contributed by atoms with van der Waals surface area (Å²) >= 11 is 0. The summed E-state index contributed by atoms with van der Waals surface area (Å²) in [6, 6.07) is 3.27. The molecule has 0 aromatic heterocycles. The van der Waals surface area contributed by atoms with E-state index < -0.39 is 0 Å². The van der Waals surface area contributed by atoms with Crippen LogP contribution in [0.25, 0.3) is 0 Å². The van der Waals surface area contributed by atoms with Crippen molar-refractivity contribution in [1.29, 1.82) is 0 Å². The number of hydrogen-bond acceptors (Lipinski definition) is 3. The molecule has 3 nitrogen and oxygen atoms in total. The van der Waals surface area contributed by atoms with E-state index in [2.05, 4.69) is 10.6 Å². The van der Waals surface area contributed by atoms with Crippen LogP contribution >= 0.6 is 0 Å². The smallest absolute Gasteiger partial charge is 0.167 e. The number of nitrogens with one attached hydrogen (secondary N) is 2. The Balaban J connectivity index is 1.91. The summed E-state index contributed by atoms with van der Waals surface area (Å²) in [5.41, 5.74) is 1.94. The molecule has 1 fully saturated rings. The van der Waals surface area contributed by atoms with E-state index in [0.29, 0.717) is 5.75 Å². The average Bonchev–Trinajstić information content (AvgIpc) is 2.40. The lowest BCUT2D eigenvalue weighted by atomic mass is 9.80. The van der Waals surface area contributed by atoms with Crippen molar-refractivity contribution in [1.82, 2.24) is 0 Å². The van der Waals surface area contributed by atoms with Crippen molar-refractivity contribution in [3.63, 3.8) is 0 Å². The van der Waals surface area contributed by atoms with E-state index in [4.69, 9.17) is 4.74 Å². The lowest BCUT2D eigenvalue weighted by molar-refractivity contribution is 0.333. The second kappa shape index (κ2) is 4.34. The first-order valence-corrected chi connectivity index (χ1v) is 6.62. The van der Waals surface area contributed by atoms with Gasteiger partial charge in [0, 0.05) is 18.7 Å². The van der Waals surface area contributed by atoms with Gasteiger partial charge in [0.15, 0.2) is 11.6 Å². The third kappa shape index (κ3) is 1.89. The monoisotopic (exact) mass is 250 g/mol. The third-order valence-electron chi connectivity index (χ3n) is 4.12. The van der Waals surface area contributed by atoms with E-state index in [9.17, 15) is 4.39 Å². The van der Waals surface area contributed by atoms with Gasteiger partial charge in [0.05, 0.1) is 24.0 Å². The fourth-order valence-corrected chi connectivity index (χ4v) is 3.08. The number of methoxy groups -OCH3 is 1. The molecule has 2 aliphatic rings. The van der Waals surface area contributed by atoms with Crippen molar-refractivity contribution in [2.45, 2.75) is 37.6 Å². The van der Waals surface area contributed by atoms with Crippen LogP contribution in [0, 0.1) is 5.82 Å². The van der Waals surface area contributed by atoms with Gasteiger partial charge in [0.25, 0.3) is 0 Å². The molecule has 0 bridgehead atoms. The molecule has 4 heteroatoms. The van der Waals surface area contributed by atoms with E-state index in [-0.39, 0.29) is 11.4 Å². The number of fused-ring (bicyclic) bond motifs is 1. The van der Waals surface area contributed by atoms with Gasteiger partial charge in [-0.2, -0.15) is 0 Å². The highest BCUT2D eigenvalue weighted by Crippen LogP contribution is 2.40. The van der Waals surface area contributed by atoms with Crippen LogP contribution in [0.15, 0.2) is 12.1 Å². The van der Waals surface area contributed by atoms with Crippen LogP contribution in [-0.2, 0) is 0 Å². The zero-order valence-electron chi connectivity index (χ0n) is 10.7. The van der Waals surface area contributed by atoms with E-state index in [0.717, 1.165) is 17.9 Å². The third-order valence-corrected chi connectivity index (χ3v) is 4.12. The largest absolute Gasteiger partial charge is 0.494 e. The second-order valence-electron chi connectivity index (χ2n) is 5.35. The first-order chi connectivity index (χ1) is 8.72. The molecule has 1 heterocycles. The van der Waals surface area contributed by atoms with Crippen molar-refractivity contribution in [2.24, 2.45) is 0 Å². The van der Waals surface area contributed by atoms with Crippen LogP contribution in [0.4, 0.5) is 15.8 Å². The molecule has 0 radical (unpaired) electrons. The lowest BCUT2D eigenvalue weighted by Gasteiger charge is -2.43. The van der Waals surface area contributed by atoms with Gasteiger partial charge in [-0.3, -0.25) is 0 Å². The summed E-state index contributed by atoms with van der Waals surface area (Å²) in [7, 11) is 1.50. The molecule has 3 rings (SSSR count). The van der Waals surface area contributed by atoms with Crippen LogP contribution in [0.2, 0.25) is 0 Å². The molecule has 1 aromatic rings. The Morgan fingerprint density at radius 2 is 1.94 bits per heavy atom. The highest BCUT2D eigenvalue weighted by atomic mass is 19.1. The standard InChI is InChI=1S/C14H19FN2O/c1-18-13-8-12-11(7-10(13)15)16-9-14(17-12)5-3-2-4-6-14/h7-8,16-17H,2-6,9H2,1H3. The van der Waals surface area contributed by atoms with Gasteiger partial charge in [-0.15, -0.1) is 0 Å². The molecule has 98 valence electrons. The van der Waals surface area contributed by atoms with E-state index >= 15 is 0 Å². The van der Waals surface area contributed by atoms with E-state index in [1.54, 1.807) is 6.07 Å². The molecular weight excluding hydrogens is 231 g/mol. The minimum absolute atomic E-state index is 0.147. The summed E-state index contributed by atoms with van der Waals surface area (Å²) in [4.78, 5) is 0. The minimum atomic E-state index is -0.315. The van der Waals surface area contributed by atoms with Crippen molar-refractivity contribution < 1.29 is 9.13 Å². The van der Waals surface area contributed by atoms with Gasteiger partial charge in [0.2, 0.25) is 0 Å². The summed E-state index contributed by atoms with van der Waals surface area (Å²) < 4.78 is 18.7. The summed E-state index contributed by atoms with van der Waals surface area (Å²) in [6.07, 6.45) is 6.21. The molecule has 1 saturated carbocycles. The predicted octanol–water partition coefficient (Wildman–Crippen LogP) is 3.37. The van der Waals surface area contributed by atoms with Gasteiger partial charge in [-0.05, 0) is 12.8 Å². The summed E-state index contributed by atoms with van der Waals surface area (Å²) in [5, 5.41) is 6.96. The van der Waals surface area contributed by atoms with Crippen LogP contribution in [-0.4, -0.2) is 19.2 Å². The van der Waals surface area contributed by atoms with E-state index in [1.165, 1.54) is 45.3 Å². The zero-order valence-corrected chi connectivity index (χ0v) is 10.7. The quantitative estimate of drug-likeness (QED) is 0.801. The van der Waals surface area contributed by atoms with Gasteiger partial charge in [-0.25, -0.2) is 4.39 Å².